The lowest BCUT2D eigenvalue weighted by Gasteiger charge is -2.05. The van der Waals surface area contributed by atoms with Gasteiger partial charge < -0.3 is 10.6 Å². The van der Waals surface area contributed by atoms with Crippen molar-refractivity contribution in [3.8, 4) is 0 Å². The molecule has 4 nitrogen and oxygen atoms in total. The first-order chi connectivity index (χ1) is 10.9. The molecule has 0 aliphatic rings. The average Bonchev–Trinajstić information content (AvgIpc) is 2.49. The molecule has 0 aliphatic heterocycles. The van der Waals surface area contributed by atoms with Crippen LogP contribution in [-0.2, 0) is 9.59 Å². The van der Waals surface area contributed by atoms with Crippen LogP contribution < -0.4 is 10.6 Å². The number of halogens is 2. The molecule has 118 valence electrons. The summed E-state index contributed by atoms with van der Waals surface area (Å²) in [4.78, 5) is 22.9. The highest BCUT2D eigenvalue weighted by atomic mass is 79.9. The minimum atomic E-state index is -0.278. The van der Waals surface area contributed by atoms with Crippen molar-refractivity contribution in [3.63, 3.8) is 0 Å². The molecule has 6 heteroatoms. The molecule has 0 heterocycles. The maximum absolute atomic E-state index is 11.9. The van der Waals surface area contributed by atoms with E-state index in [0.717, 1.165) is 10.0 Å². The highest BCUT2D eigenvalue weighted by molar-refractivity contribution is 9.10. The summed E-state index contributed by atoms with van der Waals surface area (Å²) in [6.07, 6.45) is 3.10. The zero-order valence-corrected chi connectivity index (χ0v) is 14.6. The fourth-order valence-electron chi connectivity index (χ4n) is 1.82. The second-order valence-electron chi connectivity index (χ2n) is 4.75. The lowest BCUT2D eigenvalue weighted by atomic mass is 10.2. The third kappa shape index (κ3) is 5.54. The molecule has 23 heavy (non-hydrogen) atoms. The van der Waals surface area contributed by atoms with Crippen LogP contribution in [0.3, 0.4) is 0 Å². The average molecular weight is 394 g/mol. The van der Waals surface area contributed by atoms with Crippen LogP contribution in [0.25, 0.3) is 6.08 Å². The van der Waals surface area contributed by atoms with Crippen molar-refractivity contribution in [3.05, 3.63) is 63.6 Å². The van der Waals surface area contributed by atoms with Crippen molar-refractivity contribution < 1.29 is 9.59 Å². The topological polar surface area (TPSA) is 58.2 Å². The van der Waals surface area contributed by atoms with Gasteiger partial charge in [0.2, 0.25) is 11.8 Å². The van der Waals surface area contributed by atoms with Crippen LogP contribution in [0.5, 0.6) is 0 Å². The van der Waals surface area contributed by atoms with E-state index in [1.165, 1.54) is 13.0 Å². The van der Waals surface area contributed by atoms with Gasteiger partial charge in [-0.05, 0) is 42.0 Å². The molecule has 0 atom stereocenters. The Morgan fingerprint density at radius 2 is 1.78 bits per heavy atom. The van der Waals surface area contributed by atoms with E-state index in [2.05, 4.69) is 26.6 Å². The molecule has 0 fully saturated rings. The molecule has 0 unspecified atom stereocenters. The molecule has 0 spiro atoms. The number of amides is 2. The normalized spacial score (nSPS) is 10.6. The van der Waals surface area contributed by atoms with Crippen LogP contribution in [0, 0.1) is 0 Å². The van der Waals surface area contributed by atoms with Crippen LogP contribution in [0.1, 0.15) is 12.5 Å². The third-order valence-electron chi connectivity index (χ3n) is 2.85. The first-order valence-electron chi connectivity index (χ1n) is 6.76. The highest BCUT2D eigenvalue weighted by Gasteiger charge is 2.03. The Bertz CT molecular complexity index is 758. The summed E-state index contributed by atoms with van der Waals surface area (Å²) in [5, 5.41) is 5.85. The number of nitrogens with one attached hydrogen (secondary N) is 2. The van der Waals surface area contributed by atoms with Crippen LogP contribution in [-0.4, -0.2) is 11.8 Å². The van der Waals surface area contributed by atoms with Gasteiger partial charge in [0.1, 0.15) is 0 Å². The molecule has 0 aromatic heterocycles. The van der Waals surface area contributed by atoms with Crippen LogP contribution >= 0.6 is 27.5 Å². The van der Waals surface area contributed by atoms with Crippen molar-refractivity contribution in [1.29, 1.82) is 0 Å². The summed E-state index contributed by atoms with van der Waals surface area (Å²) < 4.78 is 0.843. The van der Waals surface area contributed by atoms with E-state index in [1.807, 2.05) is 12.1 Å². The van der Waals surface area contributed by atoms with Crippen LogP contribution in [0.15, 0.2) is 53.0 Å². The number of carbonyl (C=O) groups is 2. The van der Waals surface area contributed by atoms with Crippen molar-refractivity contribution in [1.82, 2.24) is 0 Å². The van der Waals surface area contributed by atoms with E-state index in [9.17, 15) is 9.59 Å². The van der Waals surface area contributed by atoms with E-state index in [0.29, 0.717) is 16.4 Å². The van der Waals surface area contributed by atoms with Crippen LogP contribution in [0.2, 0.25) is 5.02 Å². The standard InChI is InChI=1S/C17H14BrClN2O2/c1-11(22)20-14-6-2-12(3-7-14)4-9-17(23)21-16-8-5-13(18)10-15(16)19/h2-10H,1H3,(H,20,22)(H,21,23)/b9-4+. The van der Waals surface area contributed by atoms with Crippen molar-refractivity contribution in [2.24, 2.45) is 0 Å². The molecule has 0 radical (unpaired) electrons. The smallest absolute Gasteiger partial charge is 0.248 e. The molecule has 2 amide bonds. The van der Waals surface area contributed by atoms with Crippen molar-refractivity contribution in [2.75, 3.05) is 10.6 Å². The molecular weight excluding hydrogens is 380 g/mol. The Hall–Kier alpha value is -2.11. The first kappa shape index (κ1) is 17.2. The molecule has 0 aliphatic carbocycles. The number of hydrogen-bond donors (Lipinski definition) is 2. The summed E-state index contributed by atoms with van der Waals surface area (Å²) >= 11 is 9.35. The van der Waals surface area contributed by atoms with Gasteiger partial charge in [-0.3, -0.25) is 9.59 Å². The summed E-state index contributed by atoms with van der Waals surface area (Å²) in [7, 11) is 0. The maximum Gasteiger partial charge on any atom is 0.248 e. The number of carbonyl (C=O) groups excluding carboxylic acids is 2. The Morgan fingerprint density at radius 3 is 2.39 bits per heavy atom. The second-order valence-corrected chi connectivity index (χ2v) is 6.07. The predicted octanol–water partition coefficient (Wildman–Crippen LogP) is 4.71. The Balaban J connectivity index is 1.99. The number of anilines is 2. The Labute approximate surface area is 147 Å². The zero-order valence-electron chi connectivity index (χ0n) is 12.3. The molecule has 2 aromatic carbocycles. The summed E-state index contributed by atoms with van der Waals surface area (Å²) in [6.45, 7) is 1.45. The number of hydrogen-bond acceptors (Lipinski definition) is 2. The van der Waals surface area contributed by atoms with Gasteiger partial charge in [0.15, 0.2) is 0 Å². The molecule has 0 saturated carbocycles. The van der Waals surface area contributed by atoms with E-state index < -0.39 is 0 Å². The summed E-state index contributed by atoms with van der Waals surface area (Å²) in [5.74, 6) is -0.404. The maximum atomic E-state index is 11.9. The minimum Gasteiger partial charge on any atom is -0.326 e. The monoisotopic (exact) mass is 392 g/mol. The van der Waals surface area contributed by atoms with Gasteiger partial charge in [-0.25, -0.2) is 0 Å². The molecule has 2 aromatic rings. The zero-order chi connectivity index (χ0) is 16.8. The quantitative estimate of drug-likeness (QED) is 0.739. The minimum absolute atomic E-state index is 0.126. The number of rotatable bonds is 4. The van der Waals surface area contributed by atoms with Crippen LogP contribution in [0.4, 0.5) is 11.4 Å². The predicted molar refractivity (Wildman–Crippen MR) is 97.6 cm³/mol. The second kappa shape index (κ2) is 7.94. The Kier molecular flexibility index (Phi) is 5.96. The fraction of sp³-hybridized carbons (Fsp3) is 0.0588. The summed E-state index contributed by atoms with van der Waals surface area (Å²) in [5.41, 5.74) is 2.10. The van der Waals surface area contributed by atoms with Gasteiger partial charge in [0.05, 0.1) is 10.7 Å². The van der Waals surface area contributed by atoms with Gasteiger partial charge >= 0.3 is 0 Å². The lowest BCUT2D eigenvalue weighted by molar-refractivity contribution is -0.114. The lowest BCUT2D eigenvalue weighted by Crippen LogP contribution is -2.08. The molecule has 0 bridgehead atoms. The van der Waals surface area contributed by atoms with E-state index >= 15 is 0 Å². The van der Waals surface area contributed by atoms with Gasteiger partial charge in [0.25, 0.3) is 0 Å². The molecule has 2 N–H and O–H groups in total. The molecule has 0 saturated heterocycles. The van der Waals surface area contributed by atoms with Crippen molar-refractivity contribution >= 4 is 56.8 Å². The fourth-order valence-corrected chi connectivity index (χ4v) is 2.54. The van der Waals surface area contributed by atoms with Gasteiger partial charge in [-0.15, -0.1) is 0 Å². The summed E-state index contributed by atoms with van der Waals surface area (Å²) in [6, 6.07) is 12.4. The van der Waals surface area contributed by atoms with E-state index in [-0.39, 0.29) is 11.8 Å². The molecule has 2 rings (SSSR count). The van der Waals surface area contributed by atoms with E-state index in [4.69, 9.17) is 11.6 Å². The van der Waals surface area contributed by atoms with Gasteiger partial charge in [0, 0.05) is 23.2 Å². The highest BCUT2D eigenvalue weighted by Crippen LogP contribution is 2.25. The third-order valence-corrected chi connectivity index (χ3v) is 3.65. The largest absolute Gasteiger partial charge is 0.326 e. The molecular formula is C17H14BrClN2O2. The van der Waals surface area contributed by atoms with E-state index in [1.54, 1.807) is 36.4 Å². The van der Waals surface area contributed by atoms with Gasteiger partial charge in [-0.1, -0.05) is 39.7 Å². The number of benzene rings is 2. The first-order valence-corrected chi connectivity index (χ1v) is 7.93. The SMILES string of the molecule is CC(=O)Nc1ccc(/C=C/C(=O)Nc2ccc(Br)cc2Cl)cc1. The van der Waals surface area contributed by atoms with Crippen molar-refractivity contribution in [2.45, 2.75) is 6.92 Å². The van der Waals surface area contributed by atoms with Gasteiger partial charge in [-0.2, -0.15) is 0 Å². The Morgan fingerprint density at radius 1 is 1.09 bits per heavy atom.